The van der Waals surface area contributed by atoms with Gasteiger partial charge in [-0.05, 0) is 49.1 Å². The molecule has 1 aliphatic heterocycles. The van der Waals surface area contributed by atoms with Crippen LogP contribution >= 0.6 is 0 Å². The first-order valence-electron chi connectivity index (χ1n) is 12.0. The Morgan fingerprint density at radius 1 is 1.11 bits per heavy atom. The largest absolute Gasteiger partial charge is 0.361 e. The van der Waals surface area contributed by atoms with Crippen LogP contribution in [0.5, 0.6) is 0 Å². The van der Waals surface area contributed by atoms with Gasteiger partial charge in [0.1, 0.15) is 25.2 Å². The molecule has 2 aromatic carbocycles. The highest BCUT2D eigenvalue weighted by Gasteiger charge is 2.31. The molecule has 9 heteroatoms. The maximum atomic E-state index is 13.2. The molecule has 0 saturated carbocycles. The van der Waals surface area contributed by atoms with Crippen LogP contribution < -0.4 is 16.0 Å². The highest BCUT2D eigenvalue weighted by molar-refractivity contribution is 5.97. The lowest BCUT2D eigenvalue weighted by molar-refractivity contribution is -0.146. The number of aromatic nitrogens is 1. The van der Waals surface area contributed by atoms with Crippen molar-refractivity contribution in [3.05, 3.63) is 70.9 Å². The Hall–Kier alpha value is -4.14. The van der Waals surface area contributed by atoms with Crippen LogP contribution in [-0.4, -0.2) is 58.7 Å². The number of aromatic amines is 1. The molecule has 1 aliphatic rings. The number of hydrogen-bond donors (Lipinski definition) is 4. The van der Waals surface area contributed by atoms with E-state index in [1.807, 2.05) is 62.5 Å². The summed E-state index contributed by atoms with van der Waals surface area (Å²) in [5.41, 5.74) is 5.09. The van der Waals surface area contributed by atoms with E-state index in [4.69, 9.17) is 0 Å². The lowest BCUT2D eigenvalue weighted by Gasteiger charge is -2.30. The highest BCUT2D eigenvalue weighted by Crippen LogP contribution is 2.19. The van der Waals surface area contributed by atoms with Crippen molar-refractivity contribution in [1.29, 1.82) is 0 Å². The van der Waals surface area contributed by atoms with Gasteiger partial charge in [-0.1, -0.05) is 36.4 Å². The fraction of sp³-hybridized carbons (Fsp3) is 0.333. The Bertz CT molecular complexity index is 1310. The van der Waals surface area contributed by atoms with Crippen molar-refractivity contribution in [2.75, 3.05) is 13.1 Å². The van der Waals surface area contributed by atoms with Crippen molar-refractivity contribution in [2.45, 2.75) is 45.8 Å². The first-order valence-corrected chi connectivity index (χ1v) is 12.0. The number of rotatable bonds is 8. The summed E-state index contributed by atoms with van der Waals surface area (Å²) in [6, 6.07) is 12.2. The van der Waals surface area contributed by atoms with Crippen molar-refractivity contribution < 1.29 is 19.2 Å². The SMILES string of the molecule is Cc1ccc(CNC(=O)C(Cc2c[nH]c3ccccc23)NC(=O)CN2CC(=O)NC(C)C2=O)cc1C. The number of hydrogen-bond acceptors (Lipinski definition) is 4. The second-order valence-corrected chi connectivity index (χ2v) is 9.30. The molecule has 0 spiro atoms. The minimum Gasteiger partial charge on any atom is -0.361 e. The molecule has 188 valence electrons. The minimum absolute atomic E-state index is 0.192. The number of carbonyl (C=O) groups is 4. The number of nitrogens with one attached hydrogen (secondary N) is 4. The van der Waals surface area contributed by atoms with Crippen molar-refractivity contribution in [3.8, 4) is 0 Å². The molecule has 1 fully saturated rings. The van der Waals surface area contributed by atoms with Gasteiger partial charge in [-0.3, -0.25) is 19.2 Å². The van der Waals surface area contributed by atoms with Gasteiger partial charge in [-0.25, -0.2) is 0 Å². The van der Waals surface area contributed by atoms with Crippen LogP contribution in [0.15, 0.2) is 48.7 Å². The minimum atomic E-state index is -0.866. The van der Waals surface area contributed by atoms with E-state index < -0.39 is 18.0 Å². The first-order chi connectivity index (χ1) is 17.2. The first kappa shape index (κ1) is 25.0. The van der Waals surface area contributed by atoms with E-state index in [9.17, 15) is 19.2 Å². The summed E-state index contributed by atoms with van der Waals surface area (Å²) in [6.45, 7) is 5.45. The number of nitrogens with zero attached hydrogens (tertiary/aromatic N) is 1. The third-order valence-corrected chi connectivity index (χ3v) is 6.52. The molecule has 36 heavy (non-hydrogen) atoms. The fourth-order valence-corrected chi connectivity index (χ4v) is 4.38. The van der Waals surface area contributed by atoms with Crippen molar-refractivity contribution in [1.82, 2.24) is 25.8 Å². The van der Waals surface area contributed by atoms with E-state index in [0.29, 0.717) is 6.54 Å². The molecular weight excluding hydrogens is 458 g/mol. The predicted molar refractivity (Wildman–Crippen MR) is 136 cm³/mol. The normalized spacial score (nSPS) is 16.5. The van der Waals surface area contributed by atoms with Crippen molar-refractivity contribution in [2.24, 2.45) is 0 Å². The molecule has 4 rings (SSSR count). The van der Waals surface area contributed by atoms with Crippen molar-refractivity contribution >= 4 is 34.5 Å². The van der Waals surface area contributed by atoms with E-state index in [1.54, 1.807) is 6.92 Å². The van der Waals surface area contributed by atoms with Gasteiger partial charge in [-0.2, -0.15) is 0 Å². The molecule has 9 nitrogen and oxygen atoms in total. The summed E-state index contributed by atoms with van der Waals surface area (Å²) in [7, 11) is 0. The Labute approximate surface area is 209 Å². The van der Waals surface area contributed by atoms with Crippen LogP contribution in [0.1, 0.15) is 29.2 Å². The molecule has 3 aromatic rings. The summed E-state index contributed by atoms with van der Waals surface area (Å²) < 4.78 is 0. The summed E-state index contributed by atoms with van der Waals surface area (Å²) in [5, 5.41) is 9.23. The van der Waals surface area contributed by atoms with Crippen LogP contribution in [0.2, 0.25) is 0 Å². The van der Waals surface area contributed by atoms with Gasteiger partial charge in [0.05, 0.1) is 0 Å². The quantitative estimate of drug-likeness (QED) is 0.383. The number of piperazine rings is 1. The Kier molecular flexibility index (Phi) is 7.38. The second-order valence-electron chi connectivity index (χ2n) is 9.30. The van der Waals surface area contributed by atoms with Gasteiger partial charge < -0.3 is 25.8 Å². The molecule has 0 radical (unpaired) electrons. The fourth-order valence-electron chi connectivity index (χ4n) is 4.38. The number of aryl methyl sites for hydroxylation is 2. The lowest BCUT2D eigenvalue weighted by Crippen LogP contribution is -2.59. The molecule has 2 unspecified atom stereocenters. The van der Waals surface area contributed by atoms with Crippen LogP contribution in [0.3, 0.4) is 0 Å². The number of fused-ring (bicyclic) bond motifs is 1. The molecule has 4 N–H and O–H groups in total. The molecule has 0 aliphatic carbocycles. The Balaban J connectivity index is 1.49. The van der Waals surface area contributed by atoms with E-state index in [1.165, 1.54) is 10.5 Å². The smallest absolute Gasteiger partial charge is 0.245 e. The Morgan fingerprint density at radius 3 is 2.67 bits per heavy atom. The van der Waals surface area contributed by atoms with Crippen LogP contribution in [0.25, 0.3) is 10.9 Å². The van der Waals surface area contributed by atoms with Crippen LogP contribution in [0.4, 0.5) is 0 Å². The summed E-state index contributed by atoms with van der Waals surface area (Å²) in [4.78, 5) is 54.8. The third-order valence-electron chi connectivity index (χ3n) is 6.52. The van der Waals surface area contributed by atoms with Gasteiger partial charge in [0, 0.05) is 30.1 Å². The molecule has 2 atom stereocenters. The van der Waals surface area contributed by atoms with Crippen LogP contribution in [0, 0.1) is 13.8 Å². The monoisotopic (exact) mass is 489 g/mol. The molecule has 4 amide bonds. The number of para-hydroxylation sites is 1. The lowest BCUT2D eigenvalue weighted by atomic mass is 10.0. The molecule has 1 aromatic heterocycles. The Morgan fingerprint density at radius 2 is 1.89 bits per heavy atom. The molecular formula is C27H31N5O4. The summed E-state index contributed by atoms with van der Waals surface area (Å²) >= 11 is 0. The average Bonchev–Trinajstić information content (AvgIpc) is 3.25. The predicted octanol–water partition coefficient (Wildman–Crippen LogP) is 1.48. The topological polar surface area (TPSA) is 123 Å². The maximum Gasteiger partial charge on any atom is 0.245 e. The van der Waals surface area contributed by atoms with E-state index in [2.05, 4.69) is 20.9 Å². The maximum absolute atomic E-state index is 13.2. The second kappa shape index (κ2) is 10.6. The summed E-state index contributed by atoms with van der Waals surface area (Å²) in [6.07, 6.45) is 2.10. The zero-order valence-corrected chi connectivity index (χ0v) is 20.7. The highest BCUT2D eigenvalue weighted by atomic mass is 16.2. The van der Waals surface area contributed by atoms with Gasteiger partial charge in [-0.15, -0.1) is 0 Å². The molecule has 1 saturated heterocycles. The number of benzene rings is 2. The zero-order valence-electron chi connectivity index (χ0n) is 20.7. The standard InChI is InChI=1S/C27H31N5O4/c1-16-8-9-19(10-17(16)2)12-29-26(35)23(11-20-13-28-22-7-5-4-6-21(20)22)31-25(34)15-32-14-24(33)30-18(3)27(32)36/h4-10,13,18,23,28H,11-12,14-15H2,1-3H3,(H,29,35)(H,30,33)(H,31,34). The van der Waals surface area contributed by atoms with Gasteiger partial charge in [0.15, 0.2) is 0 Å². The van der Waals surface area contributed by atoms with E-state index in [-0.39, 0.29) is 37.2 Å². The number of carbonyl (C=O) groups excluding carboxylic acids is 4. The zero-order chi connectivity index (χ0) is 25.8. The van der Waals surface area contributed by atoms with Gasteiger partial charge >= 0.3 is 0 Å². The van der Waals surface area contributed by atoms with Gasteiger partial charge in [0.2, 0.25) is 23.6 Å². The van der Waals surface area contributed by atoms with E-state index >= 15 is 0 Å². The molecule has 0 bridgehead atoms. The number of H-pyrrole nitrogens is 1. The van der Waals surface area contributed by atoms with E-state index in [0.717, 1.165) is 27.6 Å². The van der Waals surface area contributed by atoms with Crippen LogP contribution in [-0.2, 0) is 32.1 Å². The summed E-state index contributed by atoms with van der Waals surface area (Å²) in [5.74, 6) is -1.49. The third kappa shape index (κ3) is 5.73. The average molecular weight is 490 g/mol. The van der Waals surface area contributed by atoms with Crippen molar-refractivity contribution in [3.63, 3.8) is 0 Å². The molecule has 2 heterocycles. The van der Waals surface area contributed by atoms with Gasteiger partial charge in [0.25, 0.3) is 0 Å². The number of amides is 4.